The summed E-state index contributed by atoms with van der Waals surface area (Å²) in [4.78, 5) is 8.44. The number of hydrogen-bond acceptors (Lipinski definition) is 8. The summed E-state index contributed by atoms with van der Waals surface area (Å²) in [6.07, 6.45) is 0. The van der Waals surface area contributed by atoms with E-state index in [2.05, 4.69) is 39.5 Å². The van der Waals surface area contributed by atoms with Gasteiger partial charge < -0.3 is 19.2 Å². The molecule has 2 N–H and O–H groups in total. The number of H-pyrrole nitrogens is 2. The van der Waals surface area contributed by atoms with Crippen molar-refractivity contribution in [3.8, 4) is 39.9 Å². The molecule has 9 nitrogen and oxygen atoms in total. The molecule has 0 radical (unpaired) electrons. The Morgan fingerprint density at radius 2 is 1.62 bits per heavy atom. The first kappa shape index (κ1) is 27.2. The highest BCUT2D eigenvalue weighted by atomic mass is 32.2. The number of methoxy groups -OCH3 is 2. The van der Waals surface area contributed by atoms with Crippen LogP contribution >= 0.6 is 11.8 Å². The number of aromatic nitrogens is 6. The lowest BCUT2D eigenvalue weighted by Gasteiger charge is -2.26. The lowest BCUT2D eigenvalue weighted by Crippen LogP contribution is -2.20. The lowest BCUT2D eigenvalue weighted by atomic mass is 9.79. The van der Waals surface area contributed by atoms with Crippen molar-refractivity contribution in [1.82, 2.24) is 30.6 Å². The largest absolute Gasteiger partial charge is 0.493 e. The Bertz CT molecular complexity index is 1550. The highest BCUT2D eigenvalue weighted by Crippen LogP contribution is 2.41. The molecule has 0 aliphatic rings. The van der Waals surface area contributed by atoms with Crippen LogP contribution < -0.4 is 14.2 Å². The van der Waals surface area contributed by atoms with E-state index in [1.54, 1.807) is 38.1 Å². The zero-order valence-corrected chi connectivity index (χ0v) is 23.4. The van der Waals surface area contributed by atoms with Crippen LogP contribution in [0.2, 0.25) is 0 Å². The number of rotatable bonds is 11. The molecule has 0 atom stereocenters. The van der Waals surface area contributed by atoms with Crippen LogP contribution in [-0.4, -0.2) is 57.2 Å². The molecule has 2 heterocycles. The molecule has 5 rings (SSSR count). The van der Waals surface area contributed by atoms with Crippen LogP contribution in [0.3, 0.4) is 0 Å². The molecular weight excluding hydrogens is 531 g/mol. The van der Waals surface area contributed by atoms with Crippen molar-refractivity contribution in [3.05, 3.63) is 83.8 Å². The maximum absolute atomic E-state index is 13.7. The fraction of sp³-hybridized carbons (Fsp3) is 0.241. The van der Waals surface area contributed by atoms with Gasteiger partial charge in [0.05, 0.1) is 32.2 Å². The van der Waals surface area contributed by atoms with Crippen molar-refractivity contribution in [2.75, 3.05) is 26.6 Å². The topological polar surface area (TPSA) is 111 Å². The van der Waals surface area contributed by atoms with Gasteiger partial charge in [-0.3, -0.25) is 0 Å². The number of aromatic amines is 2. The van der Waals surface area contributed by atoms with Crippen LogP contribution in [0.15, 0.2) is 71.9 Å². The smallest absolute Gasteiger partial charge is 0.204 e. The Kier molecular flexibility index (Phi) is 8.01. The molecule has 0 aliphatic heterocycles. The zero-order valence-electron chi connectivity index (χ0n) is 22.6. The number of nitrogens with one attached hydrogen (secondary N) is 2. The second-order valence-corrected chi connectivity index (χ2v) is 10.5. The van der Waals surface area contributed by atoms with E-state index in [9.17, 15) is 4.39 Å². The monoisotopic (exact) mass is 560 g/mol. The summed E-state index contributed by atoms with van der Waals surface area (Å²) in [5, 5.41) is 14.7. The SMILES string of the molecule is COc1ccc(C(C)(C)c2[nH]c(SCCOc3ccc(-c4nn[nH]n4)cc3)nc2-c2ccc(F)cc2)cc1OC. The average Bonchev–Trinajstić information content (AvgIpc) is 3.67. The van der Waals surface area contributed by atoms with Gasteiger partial charge in [-0.05, 0) is 71.4 Å². The predicted molar refractivity (Wildman–Crippen MR) is 151 cm³/mol. The number of imidazole rings is 1. The fourth-order valence-electron chi connectivity index (χ4n) is 4.34. The van der Waals surface area contributed by atoms with Crippen molar-refractivity contribution in [2.24, 2.45) is 0 Å². The molecule has 40 heavy (non-hydrogen) atoms. The quantitative estimate of drug-likeness (QED) is 0.152. The Balaban J connectivity index is 1.34. The van der Waals surface area contributed by atoms with Crippen LogP contribution in [0.4, 0.5) is 4.39 Å². The molecular formula is C29H29FN6O3S. The zero-order chi connectivity index (χ0) is 28.1. The molecule has 0 aliphatic carbocycles. The first-order chi connectivity index (χ1) is 19.4. The molecule has 0 spiro atoms. The highest BCUT2D eigenvalue weighted by Gasteiger charge is 2.31. The number of benzene rings is 3. The first-order valence-electron chi connectivity index (χ1n) is 12.6. The third-order valence-corrected chi connectivity index (χ3v) is 7.42. The summed E-state index contributed by atoms with van der Waals surface area (Å²) in [6, 6.07) is 19.8. The molecule has 2 aromatic heterocycles. The van der Waals surface area contributed by atoms with Gasteiger partial charge in [-0.2, -0.15) is 5.21 Å². The molecule has 0 fully saturated rings. The minimum absolute atomic E-state index is 0.294. The summed E-state index contributed by atoms with van der Waals surface area (Å²) in [6.45, 7) is 4.71. The van der Waals surface area contributed by atoms with Gasteiger partial charge in [0.1, 0.15) is 11.6 Å². The highest BCUT2D eigenvalue weighted by molar-refractivity contribution is 7.99. The molecule has 5 aromatic rings. The molecule has 11 heteroatoms. The van der Waals surface area contributed by atoms with Gasteiger partial charge in [0, 0.05) is 22.3 Å². The molecule has 0 amide bonds. The molecule has 0 saturated carbocycles. The van der Waals surface area contributed by atoms with Gasteiger partial charge in [0.15, 0.2) is 16.7 Å². The van der Waals surface area contributed by atoms with Crippen LogP contribution in [-0.2, 0) is 5.41 Å². The fourth-order valence-corrected chi connectivity index (χ4v) is 5.03. The van der Waals surface area contributed by atoms with Gasteiger partial charge in [-0.1, -0.05) is 31.7 Å². The van der Waals surface area contributed by atoms with E-state index in [4.69, 9.17) is 19.2 Å². The molecule has 206 valence electrons. The van der Waals surface area contributed by atoms with Gasteiger partial charge in [0.2, 0.25) is 5.82 Å². The Morgan fingerprint density at radius 1 is 0.900 bits per heavy atom. The van der Waals surface area contributed by atoms with E-state index in [0.29, 0.717) is 29.7 Å². The van der Waals surface area contributed by atoms with E-state index in [1.807, 2.05) is 42.5 Å². The second kappa shape index (κ2) is 11.8. The summed E-state index contributed by atoms with van der Waals surface area (Å²) >= 11 is 1.56. The summed E-state index contributed by atoms with van der Waals surface area (Å²) in [7, 11) is 3.23. The number of hydrogen-bond donors (Lipinski definition) is 2. The van der Waals surface area contributed by atoms with Crippen molar-refractivity contribution in [1.29, 1.82) is 0 Å². The minimum Gasteiger partial charge on any atom is -0.493 e. The molecule has 3 aromatic carbocycles. The van der Waals surface area contributed by atoms with Crippen LogP contribution in [0, 0.1) is 5.82 Å². The first-order valence-corrected chi connectivity index (χ1v) is 13.6. The van der Waals surface area contributed by atoms with Crippen LogP contribution in [0.25, 0.3) is 22.6 Å². The maximum Gasteiger partial charge on any atom is 0.204 e. The summed E-state index contributed by atoms with van der Waals surface area (Å²) in [5.41, 5.74) is 3.88. The normalized spacial score (nSPS) is 11.4. The van der Waals surface area contributed by atoms with E-state index < -0.39 is 5.41 Å². The van der Waals surface area contributed by atoms with Crippen LogP contribution in [0.5, 0.6) is 17.2 Å². The summed E-state index contributed by atoms with van der Waals surface area (Å²) in [5.74, 6) is 2.95. The second-order valence-electron chi connectivity index (χ2n) is 9.42. The Labute approximate surface area is 235 Å². The van der Waals surface area contributed by atoms with Crippen molar-refractivity contribution in [2.45, 2.75) is 24.4 Å². The van der Waals surface area contributed by atoms with E-state index in [0.717, 1.165) is 39.0 Å². The van der Waals surface area contributed by atoms with Gasteiger partial charge in [0.25, 0.3) is 0 Å². The number of halogens is 1. The van der Waals surface area contributed by atoms with Crippen molar-refractivity contribution in [3.63, 3.8) is 0 Å². The van der Waals surface area contributed by atoms with E-state index in [-0.39, 0.29) is 5.82 Å². The number of tetrazole rings is 1. The van der Waals surface area contributed by atoms with E-state index >= 15 is 0 Å². The summed E-state index contributed by atoms with van der Waals surface area (Å²) < 4.78 is 30.6. The number of ether oxygens (including phenoxy) is 3. The van der Waals surface area contributed by atoms with Gasteiger partial charge in [-0.25, -0.2) is 9.37 Å². The Hall–Kier alpha value is -4.38. The van der Waals surface area contributed by atoms with Crippen molar-refractivity contribution >= 4 is 11.8 Å². The molecule has 0 bridgehead atoms. The minimum atomic E-state index is -0.480. The van der Waals surface area contributed by atoms with Crippen molar-refractivity contribution < 1.29 is 18.6 Å². The number of nitrogens with zero attached hydrogens (tertiary/aromatic N) is 4. The third kappa shape index (κ3) is 5.79. The van der Waals surface area contributed by atoms with Gasteiger partial charge >= 0.3 is 0 Å². The standard InChI is InChI=1S/C29H29FN6O3S/c1-29(2,20-9-14-23(37-3)24(17-20)38-4)26-25(18-5-10-21(30)11-6-18)31-28(32-26)40-16-15-39-22-12-7-19(8-13-22)27-33-35-36-34-27/h5-14,17H,15-16H2,1-4H3,(H,31,32)(H,33,34,35,36). The molecule has 0 unspecified atom stereocenters. The maximum atomic E-state index is 13.7. The van der Waals surface area contributed by atoms with Gasteiger partial charge in [-0.15, -0.1) is 10.2 Å². The number of thioether (sulfide) groups is 1. The average molecular weight is 561 g/mol. The predicted octanol–water partition coefficient (Wildman–Crippen LogP) is 5.91. The van der Waals surface area contributed by atoms with E-state index in [1.165, 1.54) is 12.1 Å². The lowest BCUT2D eigenvalue weighted by molar-refractivity contribution is 0.344. The third-order valence-electron chi connectivity index (χ3n) is 6.58. The molecule has 0 saturated heterocycles. The Morgan fingerprint density at radius 3 is 2.30 bits per heavy atom. The van der Waals surface area contributed by atoms with Crippen LogP contribution in [0.1, 0.15) is 25.1 Å².